The molecule has 0 aliphatic carbocycles. The smallest absolute Gasteiger partial charge is 0.269 e. The monoisotopic (exact) mass is 448 g/mol. The minimum absolute atomic E-state index is 0.0502. The first kappa shape index (κ1) is 20.2. The van der Waals surface area contributed by atoms with Crippen molar-refractivity contribution in [2.75, 3.05) is 15.6 Å². The van der Waals surface area contributed by atoms with Crippen molar-refractivity contribution in [2.45, 2.75) is 24.8 Å². The third-order valence-corrected chi connectivity index (χ3v) is 7.56. The van der Waals surface area contributed by atoms with Crippen LogP contribution >= 0.6 is 23.4 Å². The lowest BCUT2D eigenvalue weighted by Gasteiger charge is -2.33. The fourth-order valence-electron chi connectivity index (χ4n) is 4.37. The highest BCUT2D eigenvalue weighted by Gasteiger charge is 2.60. The first-order valence-corrected chi connectivity index (χ1v) is 11.6. The van der Waals surface area contributed by atoms with E-state index in [9.17, 15) is 9.59 Å². The van der Waals surface area contributed by atoms with Crippen LogP contribution in [0.2, 0.25) is 5.02 Å². The molecular formula is C25H21ClN2O2S. The van der Waals surface area contributed by atoms with Crippen LogP contribution in [0.5, 0.6) is 0 Å². The van der Waals surface area contributed by atoms with Crippen LogP contribution in [0.1, 0.15) is 23.6 Å². The molecular weight excluding hydrogens is 428 g/mol. The number of halogens is 1. The number of anilines is 2. The van der Waals surface area contributed by atoms with Crippen LogP contribution in [0.15, 0.2) is 72.8 Å². The van der Waals surface area contributed by atoms with E-state index < -0.39 is 4.87 Å². The largest absolute Gasteiger partial charge is 0.304 e. The van der Waals surface area contributed by atoms with Crippen molar-refractivity contribution in [3.8, 4) is 0 Å². The molecule has 0 radical (unpaired) electrons. The lowest BCUT2D eigenvalue weighted by atomic mass is 10.0. The van der Waals surface area contributed by atoms with Crippen LogP contribution < -0.4 is 9.80 Å². The van der Waals surface area contributed by atoms with Crippen molar-refractivity contribution in [3.63, 3.8) is 0 Å². The molecule has 1 fully saturated rings. The van der Waals surface area contributed by atoms with E-state index >= 15 is 0 Å². The van der Waals surface area contributed by atoms with E-state index in [-0.39, 0.29) is 17.6 Å². The zero-order valence-electron chi connectivity index (χ0n) is 17.0. The number of hydrogen-bond donors (Lipinski definition) is 0. The normalized spacial score (nSPS) is 20.1. The molecule has 2 aliphatic rings. The van der Waals surface area contributed by atoms with Crippen molar-refractivity contribution in [3.05, 3.63) is 94.5 Å². The summed E-state index contributed by atoms with van der Waals surface area (Å²) >= 11 is 7.44. The number of benzene rings is 3. The van der Waals surface area contributed by atoms with E-state index in [1.165, 1.54) is 17.3 Å². The van der Waals surface area contributed by atoms with Gasteiger partial charge in [0.05, 0.1) is 18.0 Å². The number of nitrogens with zero attached hydrogens (tertiary/aromatic N) is 2. The van der Waals surface area contributed by atoms with E-state index in [0.29, 0.717) is 11.6 Å². The zero-order valence-corrected chi connectivity index (χ0v) is 18.6. The number of thioether (sulfide) groups is 1. The number of aryl methyl sites for hydroxylation is 1. The number of amides is 2. The summed E-state index contributed by atoms with van der Waals surface area (Å²) in [6.07, 6.45) is 0.921. The molecule has 2 aliphatic heterocycles. The molecule has 1 spiro atoms. The van der Waals surface area contributed by atoms with E-state index in [1.54, 1.807) is 9.80 Å². The molecule has 6 heteroatoms. The molecule has 3 aromatic rings. The van der Waals surface area contributed by atoms with Gasteiger partial charge in [0.2, 0.25) is 10.8 Å². The number of rotatable bonds is 4. The molecule has 0 N–H and O–H groups in total. The highest BCUT2D eigenvalue weighted by molar-refractivity contribution is 8.02. The first-order valence-electron chi connectivity index (χ1n) is 10.3. The van der Waals surface area contributed by atoms with Gasteiger partial charge in [-0.05, 0) is 47.9 Å². The molecule has 3 aromatic carbocycles. The summed E-state index contributed by atoms with van der Waals surface area (Å²) < 4.78 is 0. The minimum Gasteiger partial charge on any atom is -0.304 e. The molecule has 156 valence electrons. The van der Waals surface area contributed by atoms with Crippen molar-refractivity contribution < 1.29 is 9.59 Å². The van der Waals surface area contributed by atoms with Crippen LogP contribution in [0, 0.1) is 0 Å². The quantitative estimate of drug-likeness (QED) is 0.537. The maximum atomic E-state index is 14.0. The van der Waals surface area contributed by atoms with Gasteiger partial charge in [0.25, 0.3) is 5.91 Å². The maximum absolute atomic E-state index is 14.0. The maximum Gasteiger partial charge on any atom is 0.269 e. The minimum atomic E-state index is -1.08. The van der Waals surface area contributed by atoms with E-state index in [4.69, 9.17) is 11.6 Å². The molecule has 0 aromatic heterocycles. The summed E-state index contributed by atoms with van der Waals surface area (Å²) in [6, 6.07) is 23.2. The Morgan fingerprint density at radius 2 is 1.61 bits per heavy atom. The molecule has 1 unspecified atom stereocenters. The Labute approximate surface area is 190 Å². The van der Waals surface area contributed by atoms with E-state index in [2.05, 4.69) is 6.92 Å². The molecule has 2 heterocycles. The summed E-state index contributed by atoms with van der Waals surface area (Å²) in [4.78, 5) is 29.5. The van der Waals surface area contributed by atoms with Gasteiger partial charge >= 0.3 is 0 Å². The van der Waals surface area contributed by atoms with Crippen LogP contribution in [0.3, 0.4) is 0 Å². The van der Waals surface area contributed by atoms with Gasteiger partial charge in [-0.3, -0.25) is 14.5 Å². The van der Waals surface area contributed by atoms with Crippen molar-refractivity contribution in [1.82, 2.24) is 0 Å². The lowest BCUT2D eigenvalue weighted by molar-refractivity contribution is -0.123. The molecule has 2 amide bonds. The fraction of sp³-hybridized carbons (Fsp3) is 0.200. The average molecular weight is 449 g/mol. The Bertz CT molecular complexity index is 1160. The highest BCUT2D eigenvalue weighted by atomic mass is 35.5. The number of fused-ring (bicyclic) bond motifs is 2. The standard InChI is InChI=1S/C25H21ClN2O2S/c1-2-17-9-13-20(14-10-17)28-23(29)16-31-25(28)21-5-3-4-6-22(21)27(24(25)30)15-18-7-11-19(26)12-8-18/h3-14H,2,15-16H2,1H3. The van der Waals surface area contributed by atoms with Gasteiger partial charge in [0.1, 0.15) is 0 Å². The van der Waals surface area contributed by atoms with Crippen LogP contribution in [-0.2, 0) is 27.4 Å². The Hall–Kier alpha value is -2.76. The number of carbonyl (C=O) groups is 2. The van der Waals surface area contributed by atoms with Gasteiger partial charge in [-0.2, -0.15) is 0 Å². The van der Waals surface area contributed by atoms with Crippen molar-refractivity contribution in [1.29, 1.82) is 0 Å². The molecule has 1 atom stereocenters. The Morgan fingerprint density at radius 1 is 0.935 bits per heavy atom. The fourth-order valence-corrected chi connectivity index (χ4v) is 5.85. The number of carbonyl (C=O) groups excluding carboxylic acids is 2. The summed E-state index contributed by atoms with van der Waals surface area (Å²) in [6.45, 7) is 2.52. The molecule has 0 saturated carbocycles. The molecule has 1 saturated heterocycles. The second kappa shape index (κ2) is 7.74. The van der Waals surface area contributed by atoms with Gasteiger partial charge in [-0.1, -0.05) is 61.0 Å². The lowest BCUT2D eigenvalue weighted by Crippen LogP contribution is -2.49. The Morgan fingerprint density at radius 3 is 2.32 bits per heavy atom. The van der Waals surface area contributed by atoms with Gasteiger partial charge in [-0.25, -0.2) is 0 Å². The predicted octanol–water partition coefficient (Wildman–Crippen LogP) is 5.38. The molecule has 4 nitrogen and oxygen atoms in total. The highest BCUT2D eigenvalue weighted by Crippen LogP contribution is 2.55. The molecule has 5 rings (SSSR count). The van der Waals surface area contributed by atoms with Gasteiger partial charge in [-0.15, -0.1) is 11.8 Å². The predicted molar refractivity (Wildman–Crippen MR) is 127 cm³/mol. The van der Waals surface area contributed by atoms with Crippen molar-refractivity contribution in [2.24, 2.45) is 0 Å². The SMILES string of the molecule is CCc1ccc(N2C(=O)CSC23C(=O)N(Cc2ccc(Cl)cc2)c2ccccc23)cc1. The van der Waals surface area contributed by atoms with Gasteiger partial charge in [0.15, 0.2) is 0 Å². The topological polar surface area (TPSA) is 40.6 Å². The number of para-hydroxylation sites is 1. The summed E-state index contributed by atoms with van der Waals surface area (Å²) in [7, 11) is 0. The second-order valence-electron chi connectivity index (χ2n) is 7.72. The van der Waals surface area contributed by atoms with Crippen molar-refractivity contribution >= 4 is 46.6 Å². The molecule has 0 bridgehead atoms. The Kier molecular flexibility index (Phi) is 5.03. The van der Waals surface area contributed by atoms with Gasteiger partial charge < -0.3 is 4.90 Å². The van der Waals surface area contributed by atoms with Crippen LogP contribution in [-0.4, -0.2) is 17.6 Å². The van der Waals surface area contributed by atoms with E-state index in [1.807, 2.05) is 72.8 Å². The zero-order chi connectivity index (χ0) is 21.6. The summed E-state index contributed by atoms with van der Waals surface area (Å²) in [5.74, 6) is 0.134. The third-order valence-electron chi connectivity index (χ3n) is 5.92. The average Bonchev–Trinajstić information content (AvgIpc) is 3.26. The van der Waals surface area contributed by atoms with Crippen LogP contribution in [0.4, 0.5) is 11.4 Å². The van der Waals surface area contributed by atoms with Crippen LogP contribution in [0.25, 0.3) is 0 Å². The molecule has 31 heavy (non-hydrogen) atoms. The van der Waals surface area contributed by atoms with E-state index in [0.717, 1.165) is 28.9 Å². The second-order valence-corrected chi connectivity index (χ2v) is 9.32. The third kappa shape index (κ3) is 3.15. The summed E-state index contributed by atoms with van der Waals surface area (Å²) in [5.41, 5.74) is 4.64. The summed E-state index contributed by atoms with van der Waals surface area (Å²) in [5, 5.41) is 0.659. The first-order chi connectivity index (χ1) is 15.0. The van der Waals surface area contributed by atoms with Gasteiger partial charge in [0, 0.05) is 16.3 Å². The Balaban J connectivity index is 1.61. The number of hydrogen-bond acceptors (Lipinski definition) is 3.